The Balaban J connectivity index is 2.66. The fourth-order valence-electron chi connectivity index (χ4n) is 1.55. The zero-order valence-corrected chi connectivity index (χ0v) is 11.9. The lowest BCUT2D eigenvalue weighted by molar-refractivity contribution is -0.171. The van der Waals surface area contributed by atoms with Gasteiger partial charge in [-0.1, -0.05) is 40.5 Å². The molecule has 1 nitrogen and oxygen atoms in total. The van der Waals surface area contributed by atoms with E-state index < -0.39 is 18.4 Å². The highest BCUT2D eigenvalue weighted by Gasteiger charge is 2.37. The summed E-state index contributed by atoms with van der Waals surface area (Å²) in [5.41, 5.74) is 0.745. The van der Waals surface area contributed by atoms with Crippen molar-refractivity contribution in [1.82, 2.24) is 0 Å². The Morgan fingerprint density at radius 3 is 2.56 bits per heavy atom. The van der Waals surface area contributed by atoms with Gasteiger partial charge in [-0.15, -0.1) is 0 Å². The molecule has 0 spiro atoms. The highest BCUT2D eigenvalue weighted by Crippen LogP contribution is 2.31. The maximum absolute atomic E-state index is 12.1. The first-order valence-corrected chi connectivity index (χ1v) is 6.44. The summed E-state index contributed by atoms with van der Waals surface area (Å²) in [6.45, 7) is 1.75. The third-order valence-corrected chi connectivity index (χ3v) is 3.43. The van der Waals surface area contributed by atoms with Crippen molar-refractivity contribution < 1.29 is 18.0 Å². The zero-order valence-electron chi connectivity index (χ0n) is 9.52. The van der Waals surface area contributed by atoms with Crippen LogP contribution in [0.5, 0.6) is 0 Å². The van der Waals surface area contributed by atoms with E-state index in [1.54, 1.807) is 25.1 Å². The van der Waals surface area contributed by atoms with Crippen LogP contribution < -0.4 is 0 Å². The summed E-state index contributed by atoms with van der Waals surface area (Å²) >= 11 is 9.24. The first-order valence-electron chi connectivity index (χ1n) is 5.26. The van der Waals surface area contributed by atoms with Gasteiger partial charge in [0.15, 0.2) is 0 Å². The molecule has 18 heavy (non-hydrogen) atoms. The molecule has 0 aliphatic rings. The van der Waals surface area contributed by atoms with Crippen molar-refractivity contribution in [2.75, 3.05) is 0 Å². The van der Waals surface area contributed by atoms with Crippen molar-refractivity contribution in [1.29, 1.82) is 0 Å². The van der Waals surface area contributed by atoms with Crippen LogP contribution in [0.25, 0.3) is 0 Å². The first-order chi connectivity index (χ1) is 8.21. The van der Waals surface area contributed by atoms with Gasteiger partial charge >= 0.3 is 6.18 Å². The van der Waals surface area contributed by atoms with Crippen LogP contribution >= 0.6 is 27.5 Å². The van der Waals surface area contributed by atoms with Gasteiger partial charge in [-0.05, 0) is 30.0 Å². The van der Waals surface area contributed by atoms with Gasteiger partial charge in [0, 0.05) is 15.9 Å². The molecule has 0 fully saturated rings. The zero-order chi connectivity index (χ0) is 13.9. The summed E-state index contributed by atoms with van der Waals surface area (Å²) in [4.78, 5) is 10.8. The Bertz CT molecular complexity index is 445. The third-order valence-electron chi connectivity index (χ3n) is 2.61. The molecule has 0 saturated carbocycles. The summed E-state index contributed by atoms with van der Waals surface area (Å²) in [7, 11) is 0. The molecule has 1 aromatic rings. The fraction of sp³-hybridized carbons (Fsp3) is 0.417. The number of carbonyl (C=O) groups excluding carboxylic acids is 1. The predicted molar refractivity (Wildman–Crippen MR) is 67.9 cm³/mol. The van der Waals surface area contributed by atoms with Crippen LogP contribution in [0.3, 0.4) is 0 Å². The fourth-order valence-corrected chi connectivity index (χ4v) is 2.41. The number of Topliss-reactive ketones (excluding diaryl/α,β-unsaturated/α-hetero) is 1. The molecule has 100 valence electrons. The summed E-state index contributed by atoms with van der Waals surface area (Å²) in [5, 5.41) is 0.483. The minimum absolute atomic E-state index is 0.125. The normalized spacial score (nSPS) is 13.4. The summed E-state index contributed by atoms with van der Waals surface area (Å²) in [5.74, 6) is -1.89. The van der Waals surface area contributed by atoms with Gasteiger partial charge in [0.1, 0.15) is 0 Å². The van der Waals surface area contributed by atoms with Crippen LogP contribution in [0.1, 0.15) is 31.2 Å². The van der Waals surface area contributed by atoms with Gasteiger partial charge in [0.05, 0.1) is 0 Å². The number of carbonyl (C=O) groups is 1. The van der Waals surface area contributed by atoms with E-state index in [0.717, 1.165) is 10.0 Å². The third kappa shape index (κ3) is 4.28. The van der Waals surface area contributed by atoms with E-state index in [4.69, 9.17) is 11.6 Å². The number of halogens is 5. The lowest BCUT2D eigenvalue weighted by Gasteiger charge is -2.14. The molecule has 0 aliphatic carbocycles. The molecule has 0 radical (unpaired) electrons. The molecule has 0 aliphatic heterocycles. The lowest BCUT2D eigenvalue weighted by atomic mass is 9.95. The molecule has 0 heterocycles. The Morgan fingerprint density at radius 2 is 2.06 bits per heavy atom. The highest BCUT2D eigenvalue weighted by molar-refractivity contribution is 9.10. The summed E-state index contributed by atoms with van der Waals surface area (Å²) in [6, 6.07) is 5.19. The number of alkyl halides is 3. The predicted octanol–water partition coefficient (Wildman–Crippen LogP) is 5.12. The molecular formula is C12H11BrClF3O. The molecule has 0 N–H and O–H groups in total. The van der Waals surface area contributed by atoms with Crippen LogP contribution in [-0.2, 0) is 4.79 Å². The second-order valence-electron chi connectivity index (χ2n) is 4.03. The maximum atomic E-state index is 12.1. The van der Waals surface area contributed by atoms with Crippen molar-refractivity contribution in [2.24, 2.45) is 0 Å². The molecule has 6 heteroatoms. The van der Waals surface area contributed by atoms with Gasteiger partial charge in [0.2, 0.25) is 5.78 Å². The molecule has 1 aromatic carbocycles. The molecule has 0 bridgehead atoms. The van der Waals surface area contributed by atoms with Crippen molar-refractivity contribution in [2.45, 2.75) is 31.9 Å². The lowest BCUT2D eigenvalue weighted by Crippen LogP contribution is -2.22. The van der Waals surface area contributed by atoms with Gasteiger partial charge < -0.3 is 0 Å². The van der Waals surface area contributed by atoms with Gasteiger partial charge in [-0.25, -0.2) is 0 Å². The van der Waals surface area contributed by atoms with E-state index >= 15 is 0 Å². The molecular weight excluding hydrogens is 332 g/mol. The van der Waals surface area contributed by atoms with Gasteiger partial charge in [-0.2, -0.15) is 13.2 Å². The van der Waals surface area contributed by atoms with Crippen LogP contribution in [0, 0.1) is 0 Å². The van der Waals surface area contributed by atoms with E-state index in [0.29, 0.717) is 5.02 Å². The molecule has 1 atom stereocenters. The van der Waals surface area contributed by atoms with Crippen LogP contribution in [0.2, 0.25) is 5.02 Å². The number of ketones is 1. The summed E-state index contributed by atoms with van der Waals surface area (Å²) < 4.78 is 37.0. The first kappa shape index (κ1) is 15.5. The van der Waals surface area contributed by atoms with Crippen LogP contribution in [-0.4, -0.2) is 12.0 Å². The minimum Gasteiger partial charge on any atom is -0.290 e. The van der Waals surface area contributed by atoms with E-state index in [1.807, 2.05) is 0 Å². The quantitative estimate of drug-likeness (QED) is 0.742. The molecule has 0 amide bonds. The number of rotatable bonds is 4. The summed E-state index contributed by atoms with van der Waals surface area (Å²) in [6.07, 6.45) is -5.14. The van der Waals surface area contributed by atoms with Crippen molar-refractivity contribution >= 4 is 33.3 Å². The molecule has 1 unspecified atom stereocenters. The molecule has 0 aromatic heterocycles. The number of hydrogen-bond acceptors (Lipinski definition) is 1. The van der Waals surface area contributed by atoms with Crippen LogP contribution in [0.4, 0.5) is 13.2 Å². The number of hydrogen-bond donors (Lipinski definition) is 0. The Morgan fingerprint density at radius 1 is 1.44 bits per heavy atom. The average Bonchev–Trinajstić information content (AvgIpc) is 2.24. The van der Waals surface area contributed by atoms with Gasteiger partial charge in [-0.3, -0.25) is 4.79 Å². The second-order valence-corrected chi connectivity index (χ2v) is 5.35. The van der Waals surface area contributed by atoms with Crippen molar-refractivity contribution in [3.8, 4) is 0 Å². The van der Waals surface area contributed by atoms with Crippen molar-refractivity contribution in [3.05, 3.63) is 33.3 Å². The molecule has 1 rings (SSSR count). The van der Waals surface area contributed by atoms with E-state index in [2.05, 4.69) is 15.9 Å². The highest BCUT2D eigenvalue weighted by atomic mass is 79.9. The molecule has 0 saturated heterocycles. The van der Waals surface area contributed by atoms with Crippen LogP contribution in [0.15, 0.2) is 22.7 Å². The van der Waals surface area contributed by atoms with E-state index in [-0.39, 0.29) is 12.3 Å². The van der Waals surface area contributed by atoms with Crippen molar-refractivity contribution in [3.63, 3.8) is 0 Å². The average molecular weight is 344 g/mol. The second kappa shape index (κ2) is 6.06. The Kier molecular flexibility index (Phi) is 5.22. The standard InChI is InChI=1S/C12H11BrClF3O/c1-7(2-5-11(18)12(15,16)17)9-4-3-8(13)6-10(9)14/h3-4,6-7H,2,5H2,1H3. The van der Waals surface area contributed by atoms with E-state index in [1.165, 1.54) is 0 Å². The SMILES string of the molecule is CC(CCC(=O)C(F)(F)F)c1ccc(Br)cc1Cl. The number of benzene rings is 1. The van der Waals surface area contributed by atoms with E-state index in [9.17, 15) is 18.0 Å². The Hall–Kier alpha value is -0.550. The van der Waals surface area contributed by atoms with Gasteiger partial charge in [0.25, 0.3) is 0 Å². The topological polar surface area (TPSA) is 17.1 Å². The maximum Gasteiger partial charge on any atom is 0.449 e. The smallest absolute Gasteiger partial charge is 0.290 e. The largest absolute Gasteiger partial charge is 0.449 e. The monoisotopic (exact) mass is 342 g/mol. The Labute approximate surface area is 116 Å². The minimum atomic E-state index is -4.75.